The van der Waals surface area contributed by atoms with Crippen molar-refractivity contribution >= 4 is 38.9 Å². The van der Waals surface area contributed by atoms with Crippen molar-refractivity contribution in [2.75, 3.05) is 12.5 Å². The number of carbonyl (C=O) groups excluding carboxylic acids is 1. The number of carbonyl (C=O) groups is 1. The van der Waals surface area contributed by atoms with E-state index in [1.54, 1.807) is 23.7 Å². The zero-order valence-electron chi connectivity index (χ0n) is 27.1. The second-order valence-electron chi connectivity index (χ2n) is 11.7. The van der Waals surface area contributed by atoms with Crippen LogP contribution in [0.2, 0.25) is 0 Å². The zero-order valence-corrected chi connectivity index (χ0v) is 28.6. The third-order valence-corrected chi connectivity index (χ3v) is 10.0. The van der Waals surface area contributed by atoms with Gasteiger partial charge in [-0.05, 0) is 78.4 Å². The molecule has 1 unspecified atom stereocenters. The van der Waals surface area contributed by atoms with Crippen LogP contribution < -0.4 is 8.92 Å². The molecule has 1 atom stereocenters. The molecule has 0 N–H and O–H groups in total. The number of hydrogen-bond acceptors (Lipinski definition) is 8. The van der Waals surface area contributed by atoms with E-state index in [0.29, 0.717) is 30.3 Å². The van der Waals surface area contributed by atoms with Gasteiger partial charge in [0.1, 0.15) is 23.6 Å². The maximum atomic E-state index is 13.3. The number of ether oxygens (including phenoxy) is 2. The summed E-state index contributed by atoms with van der Waals surface area (Å²) in [6.45, 7) is 7.06. The average Bonchev–Trinajstić information content (AvgIpc) is 3.48. The summed E-state index contributed by atoms with van der Waals surface area (Å²) in [6.07, 6.45) is 0.1000. The SMILES string of the molecule is CCOC(=O)CC(c1ccc(C)c(CN2Cc3cc(OCc4ccccc4)ccc3OS2(=O)=O)c1)c1ccc2c(nnn2CCCl)c1C. The van der Waals surface area contributed by atoms with Gasteiger partial charge in [-0.3, -0.25) is 4.79 Å². The molecule has 0 saturated heterocycles. The summed E-state index contributed by atoms with van der Waals surface area (Å²) in [5.41, 5.74) is 7.70. The summed E-state index contributed by atoms with van der Waals surface area (Å²) in [5, 5.41) is 8.68. The molecule has 0 radical (unpaired) electrons. The van der Waals surface area contributed by atoms with Crippen LogP contribution in [-0.4, -0.2) is 46.2 Å². The monoisotopic (exact) mass is 688 g/mol. The van der Waals surface area contributed by atoms with Gasteiger partial charge in [-0.2, -0.15) is 12.7 Å². The third kappa shape index (κ3) is 7.18. The summed E-state index contributed by atoms with van der Waals surface area (Å²) in [6, 6.07) is 24.8. The maximum Gasteiger partial charge on any atom is 0.385 e. The number of halogens is 1. The second-order valence-corrected chi connectivity index (χ2v) is 13.7. The highest BCUT2D eigenvalue weighted by atomic mass is 35.5. The molecule has 10 nitrogen and oxygen atoms in total. The van der Waals surface area contributed by atoms with Gasteiger partial charge >= 0.3 is 16.3 Å². The van der Waals surface area contributed by atoms with E-state index < -0.39 is 10.3 Å². The lowest BCUT2D eigenvalue weighted by molar-refractivity contribution is -0.143. The Morgan fingerprint density at radius 1 is 1.04 bits per heavy atom. The molecule has 0 fully saturated rings. The minimum Gasteiger partial charge on any atom is -0.489 e. The summed E-state index contributed by atoms with van der Waals surface area (Å²) in [7, 11) is -4.07. The Labute approximate surface area is 285 Å². The van der Waals surface area contributed by atoms with Crippen molar-refractivity contribution in [2.45, 2.75) is 59.4 Å². The molecule has 250 valence electrons. The highest BCUT2D eigenvalue weighted by Crippen LogP contribution is 2.37. The predicted molar refractivity (Wildman–Crippen MR) is 183 cm³/mol. The topological polar surface area (TPSA) is 113 Å². The first kappa shape index (κ1) is 33.5. The normalized spacial score (nSPS) is 14.7. The number of rotatable bonds is 12. The summed E-state index contributed by atoms with van der Waals surface area (Å²) < 4.78 is 46.6. The number of aromatic nitrogens is 3. The van der Waals surface area contributed by atoms with Gasteiger partial charge in [0.05, 0.1) is 25.1 Å². The van der Waals surface area contributed by atoms with E-state index in [1.807, 2.05) is 80.6 Å². The van der Waals surface area contributed by atoms with Gasteiger partial charge in [0.25, 0.3) is 0 Å². The fourth-order valence-electron chi connectivity index (χ4n) is 6.03. The number of fused-ring (bicyclic) bond motifs is 2. The standard InChI is InChI=1S/C36H37ClN4O6S/c1-4-45-35(42)20-32(31-13-14-33-36(25(31)3)38-39-41(33)17-16-37)27-11-10-24(2)28(18-27)21-40-22-29-19-30(12-15-34(29)47-48(40,43)44)46-23-26-8-6-5-7-9-26/h5-15,18-19,32H,4,16-17,20-23H2,1-3H3. The van der Waals surface area contributed by atoms with Crippen LogP contribution in [0.4, 0.5) is 0 Å². The summed E-state index contributed by atoms with van der Waals surface area (Å²) in [5.74, 6) is 0.611. The van der Waals surface area contributed by atoms with Gasteiger partial charge in [-0.15, -0.1) is 16.7 Å². The number of aryl methyl sites for hydroxylation is 3. The molecule has 2 heterocycles. The van der Waals surface area contributed by atoms with E-state index in [0.717, 1.165) is 44.4 Å². The van der Waals surface area contributed by atoms with E-state index in [-0.39, 0.29) is 43.8 Å². The van der Waals surface area contributed by atoms with Crippen molar-refractivity contribution in [2.24, 2.45) is 0 Å². The third-order valence-electron chi connectivity index (χ3n) is 8.59. The van der Waals surface area contributed by atoms with Gasteiger partial charge in [0.15, 0.2) is 0 Å². The molecular weight excluding hydrogens is 652 g/mol. The summed E-state index contributed by atoms with van der Waals surface area (Å²) >= 11 is 5.97. The van der Waals surface area contributed by atoms with Gasteiger partial charge < -0.3 is 13.7 Å². The molecule has 1 aliphatic rings. The first-order valence-electron chi connectivity index (χ1n) is 15.8. The molecule has 12 heteroatoms. The van der Waals surface area contributed by atoms with Crippen molar-refractivity contribution < 1.29 is 26.9 Å². The first-order chi connectivity index (χ1) is 23.2. The molecule has 1 aromatic heterocycles. The number of esters is 1. The molecule has 0 bridgehead atoms. The zero-order chi connectivity index (χ0) is 33.8. The van der Waals surface area contributed by atoms with E-state index in [2.05, 4.69) is 10.3 Å². The van der Waals surface area contributed by atoms with Crippen LogP contribution in [-0.2, 0) is 46.1 Å². The minimum atomic E-state index is -4.07. The highest BCUT2D eigenvalue weighted by molar-refractivity contribution is 7.84. The predicted octanol–water partition coefficient (Wildman–Crippen LogP) is 6.59. The Balaban J connectivity index is 1.29. The minimum absolute atomic E-state index is 0.0768. The van der Waals surface area contributed by atoms with Crippen LogP contribution in [0.15, 0.2) is 78.9 Å². The molecule has 0 spiro atoms. The largest absolute Gasteiger partial charge is 0.489 e. The van der Waals surface area contributed by atoms with Crippen LogP contribution in [0.5, 0.6) is 11.5 Å². The van der Waals surface area contributed by atoms with Crippen LogP contribution in [0.3, 0.4) is 0 Å². The fourth-order valence-corrected chi connectivity index (χ4v) is 7.28. The molecular formula is C36H37ClN4O6S. The van der Waals surface area contributed by atoms with Crippen molar-refractivity contribution in [3.05, 3.63) is 118 Å². The average molecular weight is 689 g/mol. The number of alkyl halides is 1. The lowest BCUT2D eigenvalue weighted by Gasteiger charge is -2.29. The van der Waals surface area contributed by atoms with E-state index in [1.165, 1.54) is 4.31 Å². The van der Waals surface area contributed by atoms with Gasteiger partial charge in [0, 0.05) is 30.5 Å². The van der Waals surface area contributed by atoms with E-state index >= 15 is 0 Å². The lowest BCUT2D eigenvalue weighted by atomic mass is 9.84. The van der Waals surface area contributed by atoms with Crippen molar-refractivity contribution in [3.8, 4) is 11.5 Å². The fraction of sp³-hybridized carbons (Fsp3) is 0.306. The van der Waals surface area contributed by atoms with Gasteiger partial charge in [0.2, 0.25) is 0 Å². The smallest absolute Gasteiger partial charge is 0.385 e. The highest BCUT2D eigenvalue weighted by Gasteiger charge is 2.33. The van der Waals surface area contributed by atoms with Crippen molar-refractivity contribution in [1.82, 2.24) is 19.3 Å². The molecule has 4 aromatic carbocycles. The molecule has 0 aliphatic carbocycles. The van der Waals surface area contributed by atoms with E-state index in [4.69, 9.17) is 25.3 Å². The first-order valence-corrected chi connectivity index (χ1v) is 17.7. The molecule has 6 rings (SSSR count). The van der Waals surface area contributed by atoms with Crippen LogP contribution in [0.1, 0.15) is 58.2 Å². The maximum absolute atomic E-state index is 13.3. The quantitative estimate of drug-likeness (QED) is 0.107. The van der Waals surface area contributed by atoms with Crippen LogP contribution >= 0.6 is 11.6 Å². The van der Waals surface area contributed by atoms with Gasteiger partial charge in [-0.25, -0.2) is 4.68 Å². The van der Waals surface area contributed by atoms with Crippen LogP contribution in [0.25, 0.3) is 11.0 Å². The molecule has 0 amide bonds. The Hall–Kier alpha value is -4.45. The number of hydrogen-bond donors (Lipinski definition) is 0. The van der Waals surface area contributed by atoms with Crippen molar-refractivity contribution in [3.63, 3.8) is 0 Å². The Kier molecular flexibility index (Phi) is 10.00. The Morgan fingerprint density at radius 3 is 2.62 bits per heavy atom. The number of benzene rings is 4. The number of nitrogens with zero attached hydrogens (tertiary/aromatic N) is 4. The van der Waals surface area contributed by atoms with Gasteiger partial charge in [-0.1, -0.05) is 59.8 Å². The molecule has 0 saturated carbocycles. The molecule has 5 aromatic rings. The lowest BCUT2D eigenvalue weighted by Crippen LogP contribution is -2.37. The van der Waals surface area contributed by atoms with Crippen molar-refractivity contribution in [1.29, 1.82) is 0 Å². The Morgan fingerprint density at radius 2 is 1.85 bits per heavy atom. The molecule has 48 heavy (non-hydrogen) atoms. The summed E-state index contributed by atoms with van der Waals surface area (Å²) in [4.78, 5) is 12.9. The molecule has 1 aliphatic heterocycles. The van der Waals surface area contributed by atoms with Crippen LogP contribution in [0, 0.1) is 13.8 Å². The Bertz CT molecular complexity index is 2050. The van der Waals surface area contributed by atoms with E-state index in [9.17, 15) is 13.2 Å². The second kappa shape index (κ2) is 14.3.